The highest BCUT2D eigenvalue weighted by molar-refractivity contribution is 5.84. The Labute approximate surface area is 79.7 Å². The van der Waals surface area contributed by atoms with Crippen molar-refractivity contribution in [1.29, 1.82) is 0 Å². The third kappa shape index (κ3) is 8.85. The second-order valence-corrected chi connectivity index (χ2v) is 2.20. The van der Waals surface area contributed by atoms with Gasteiger partial charge in [0, 0.05) is 0 Å². The molecule has 0 radical (unpaired) electrons. The van der Waals surface area contributed by atoms with Gasteiger partial charge in [-0.05, 0) is 20.8 Å². The van der Waals surface area contributed by atoms with E-state index in [9.17, 15) is 9.59 Å². The van der Waals surface area contributed by atoms with E-state index in [1.807, 2.05) is 13.8 Å². The van der Waals surface area contributed by atoms with Gasteiger partial charge in [0.1, 0.15) is 0 Å². The molecule has 0 aromatic carbocycles. The fourth-order valence-corrected chi connectivity index (χ4v) is 0.451. The first-order valence-electron chi connectivity index (χ1n) is 4.51. The van der Waals surface area contributed by atoms with E-state index < -0.39 is 12.1 Å². The minimum Gasteiger partial charge on any atom is -0.450 e. The Hall–Kier alpha value is -1.06. The summed E-state index contributed by atoms with van der Waals surface area (Å²) in [4.78, 5) is 21.3. The van der Waals surface area contributed by atoms with Gasteiger partial charge in [0.05, 0.1) is 12.6 Å². The van der Waals surface area contributed by atoms with Crippen molar-refractivity contribution in [3.63, 3.8) is 0 Å². The molecule has 0 rings (SSSR count). The lowest BCUT2D eigenvalue weighted by atomic mass is 10.2. The molecule has 4 heteroatoms. The molecule has 0 spiro atoms. The fourth-order valence-electron chi connectivity index (χ4n) is 0.451. The molecule has 1 amide bonds. The molecule has 0 heterocycles. The van der Waals surface area contributed by atoms with Gasteiger partial charge >= 0.3 is 6.09 Å². The summed E-state index contributed by atoms with van der Waals surface area (Å²) in [6, 6.07) is -0.464. The predicted octanol–water partition coefficient (Wildman–Crippen LogP) is 1.74. The van der Waals surface area contributed by atoms with E-state index in [4.69, 9.17) is 0 Å². The Morgan fingerprint density at radius 1 is 1.38 bits per heavy atom. The molecule has 13 heavy (non-hydrogen) atoms. The van der Waals surface area contributed by atoms with Gasteiger partial charge in [-0.25, -0.2) is 4.79 Å². The molecular weight excluding hydrogens is 170 g/mol. The Balaban J connectivity index is 0. The molecule has 0 aliphatic rings. The van der Waals surface area contributed by atoms with Crippen molar-refractivity contribution in [1.82, 2.24) is 5.32 Å². The van der Waals surface area contributed by atoms with E-state index in [1.54, 1.807) is 13.8 Å². The summed E-state index contributed by atoms with van der Waals surface area (Å²) in [7, 11) is 0. The first kappa shape index (κ1) is 14.5. The zero-order valence-corrected chi connectivity index (χ0v) is 9.01. The van der Waals surface area contributed by atoms with Crippen molar-refractivity contribution in [3.8, 4) is 0 Å². The maximum atomic E-state index is 10.7. The second kappa shape index (κ2) is 9.03. The SMILES string of the molecule is CC.CCOC(=O)NC(C)C(C)=O. The van der Waals surface area contributed by atoms with E-state index in [0.717, 1.165) is 0 Å². The second-order valence-electron chi connectivity index (χ2n) is 2.20. The van der Waals surface area contributed by atoms with Gasteiger partial charge in [-0.3, -0.25) is 4.79 Å². The number of alkyl carbamates (subject to hydrolysis) is 1. The van der Waals surface area contributed by atoms with Crippen molar-refractivity contribution in [3.05, 3.63) is 0 Å². The molecular formula is C9H19NO3. The molecule has 1 atom stereocenters. The number of carbonyl (C=O) groups is 2. The molecule has 0 saturated heterocycles. The quantitative estimate of drug-likeness (QED) is 0.735. The highest BCUT2D eigenvalue weighted by Crippen LogP contribution is 1.85. The first-order valence-corrected chi connectivity index (χ1v) is 4.51. The van der Waals surface area contributed by atoms with Crippen LogP contribution in [0.25, 0.3) is 0 Å². The fraction of sp³-hybridized carbons (Fsp3) is 0.778. The maximum Gasteiger partial charge on any atom is 0.407 e. The number of carbonyl (C=O) groups excluding carboxylic acids is 2. The third-order valence-electron chi connectivity index (χ3n) is 1.22. The summed E-state index contributed by atoms with van der Waals surface area (Å²) in [6.45, 7) is 9.05. The zero-order chi connectivity index (χ0) is 10.9. The molecule has 0 bridgehead atoms. The van der Waals surface area contributed by atoms with Gasteiger partial charge in [-0.15, -0.1) is 0 Å². The molecule has 4 nitrogen and oxygen atoms in total. The standard InChI is InChI=1S/C7H13NO3.C2H6/c1-4-11-7(10)8-5(2)6(3)9;1-2/h5H,4H2,1-3H3,(H,8,10);1-2H3. The van der Waals surface area contributed by atoms with E-state index in [2.05, 4.69) is 10.1 Å². The number of rotatable bonds is 3. The molecule has 0 fully saturated rings. The number of ketones is 1. The maximum absolute atomic E-state index is 10.7. The van der Waals surface area contributed by atoms with Crippen molar-refractivity contribution < 1.29 is 14.3 Å². The van der Waals surface area contributed by atoms with Crippen LogP contribution in [-0.2, 0) is 9.53 Å². The number of amides is 1. The van der Waals surface area contributed by atoms with Crippen LogP contribution in [0.1, 0.15) is 34.6 Å². The van der Waals surface area contributed by atoms with E-state index in [0.29, 0.717) is 6.61 Å². The smallest absolute Gasteiger partial charge is 0.407 e. The van der Waals surface area contributed by atoms with Crippen molar-refractivity contribution in [2.45, 2.75) is 40.7 Å². The summed E-state index contributed by atoms with van der Waals surface area (Å²) >= 11 is 0. The number of hydrogen-bond acceptors (Lipinski definition) is 3. The van der Waals surface area contributed by atoms with Crippen LogP contribution in [0.15, 0.2) is 0 Å². The van der Waals surface area contributed by atoms with Gasteiger partial charge < -0.3 is 10.1 Å². The topological polar surface area (TPSA) is 55.4 Å². The van der Waals surface area contributed by atoms with E-state index >= 15 is 0 Å². The number of hydrogen-bond donors (Lipinski definition) is 1. The Kier molecular flexibility index (Phi) is 10.0. The minimum atomic E-state index is -0.546. The molecule has 78 valence electrons. The van der Waals surface area contributed by atoms with Crippen LogP contribution < -0.4 is 5.32 Å². The Morgan fingerprint density at radius 3 is 2.15 bits per heavy atom. The normalized spacial score (nSPS) is 10.5. The van der Waals surface area contributed by atoms with Gasteiger partial charge in [0.25, 0.3) is 0 Å². The summed E-state index contributed by atoms with van der Waals surface area (Å²) in [6.07, 6.45) is -0.546. The molecule has 0 aromatic heterocycles. The average Bonchev–Trinajstić information content (AvgIpc) is 2.08. The summed E-state index contributed by atoms with van der Waals surface area (Å²) < 4.78 is 4.56. The Bertz CT molecular complexity index is 157. The highest BCUT2D eigenvalue weighted by Gasteiger charge is 2.10. The predicted molar refractivity (Wildman–Crippen MR) is 51.6 cm³/mol. The summed E-state index contributed by atoms with van der Waals surface area (Å²) in [5, 5.41) is 2.37. The molecule has 1 unspecified atom stereocenters. The molecule has 0 aromatic rings. The first-order chi connectivity index (χ1) is 6.07. The van der Waals surface area contributed by atoms with Crippen LogP contribution in [0, 0.1) is 0 Å². The van der Waals surface area contributed by atoms with Crippen LogP contribution in [-0.4, -0.2) is 24.5 Å². The average molecular weight is 189 g/mol. The van der Waals surface area contributed by atoms with Crippen LogP contribution in [0.2, 0.25) is 0 Å². The number of ether oxygens (including phenoxy) is 1. The lowest BCUT2D eigenvalue weighted by molar-refractivity contribution is -0.118. The molecule has 0 aliphatic heterocycles. The van der Waals surface area contributed by atoms with Crippen LogP contribution in [0.3, 0.4) is 0 Å². The zero-order valence-electron chi connectivity index (χ0n) is 9.01. The van der Waals surface area contributed by atoms with Crippen LogP contribution >= 0.6 is 0 Å². The van der Waals surface area contributed by atoms with Crippen molar-refractivity contribution in [2.75, 3.05) is 6.61 Å². The van der Waals surface area contributed by atoms with Gasteiger partial charge in [0.2, 0.25) is 0 Å². The largest absolute Gasteiger partial charge is 0.450 e. The molecule has 0 saturated carbocycles. The van der Waals surface area contributed by atoms with Gasteiger partial charge in [-0.1, -0.05) is 13.8 Å². The number of Topliss-reactive ketones (excluding diaryl/α,β-unsaturated/α-hetero) is 1. The van der Waals surface area contributed by atoms with Gasteiger partial charge in [0.15, 0.2) is 5.78 Å². The Morgan fingerprint density at radius 2 is 1.85 bits per heavy atom. The highest BCUT2D eigenvalue weighted by atomic mass is 16.5. The van der Waals surface area contributed by atoms with Crippen molar-refractivity contribution in [2.24, 2.45) is 0 Å². The lowest BCUT2D eigenvalue weighted by Crippen LogP contribution is -2.37. The summed E-state index contributed by atoms with van der Waals surface area (Å²) in [5.74, 6) is -0.0851. The molecule has 0 aliphatic carbocycles. The van der Waals surface area contributed by atoms with Gasteiger partial charge in [-0.2, -0.15) is 0 Å². The third-order valence-corrected chi connectivity index (χ3v) is 1.22. The molecule has 1 N–H and O–H groups in total. The minimum absolute atomic E-state index is 0.0851. The van der Waals surface area contributed by atoms with E-state index in [1.165, 1.54) is 6.92 Å². The number of nitrogens with one attached hydrogen (secondary N) is 1. The van der Waals surface area contributed by atoms with Crippen LogP contribution in [0.4, 0.5) is 4.79 Å². The van der Waals surface area contributed by atoms with Crippen molar-refractivity contribution >= 4 is 11.9 Å². The van der Waals surface area contributed by atoms with E-state index in [-0.39, 0.29) is 5.78 Å². The lowest BCUT2D eigenvalue weighted by Gasteiger charge is -2.09. The van der Waals surface area contributed by atoms with Crippen LogP contribution in [0.5, 0.6) is 0 Å². The monoisotopic (exact) mass is 189 g/mol. The summed E-state index contributed by atoms with van der Waals surface area (Å²) in [5.41, 5.74) is 0.